The number of carbonyl (C=O) groups excluding carboxylic acids is 1. The molecule has 4 rings (SSSR count). The van der Waals surface area contributed by atoms with Gasteiger partial charge in [-0.3, -0.25) is 9.20 Å². The smallest absolute Gasteiger partial charge is 0.231 e. The van der Waals surface area contributed by atoms with Crippen LogP contribution in [0.25, 0.3) is 16.8 Å². The predicted octanol–water partition coefficient (Wildman–Crippen LogP) is 3.99. The molecule has 0 bridgehead atoms. The van der Waals surface area contributed by atoms with Gasteiger partial charge in [-0.25, -0.2) is 23.3 Å². The third-order valence-electron chi connectivity index (χ3n) is 3.91. The summed E-state index contributed by atoms with van der Waals surface area (Å²) < 4.78 is 42.5. The van der Waals surface area contributed by atoms with Gasteiger partial charge >= 0.3 is 0 Å². The van der Waals surface area contributed by atoms with Crippen LogP contribution < -0.4 is 0 Å². The van der Waals surface area contributed by atoms with Crippen LogP contribution in [0.2, 0.25) is 0 Å². The number of halogens is 3. The first-order valence-electron chi connectivity index (χ1n) is 7.62. The number of para-hydroxylation sites is 2. The lowest BCUT2D eigenvalue weighted by atomic mass is 10.1. The number of hydrogen-bond donors (Lipinski definition) is 1. The maximum Gasteiger partial charge on any atom is 0.231 e. The van der Waals surface area contributed by atoms with Crippen molar-refractivity contribution in [3.63, 3.8) is 0 Å². The molecule has 26 heavy (non-hydrogen) atoms. The van der Waals surface area contributed by atoms with Gasteiger partial charge in [0.2, 0.25) is 5.78 Å². The fourth-order valence-electron chi connectivity index (χ4n) is 2.71. The number of imidazole rings is 1. The lowest BCUT2D eigenvalue weighted by Crippen LogP contribution is -2.18. The number of carbonyl (C=O) groups is 1. The molecule has 132 valence electrons. The molecular formula is C17H11F3N4OS. The third kappa shape index (κ3) is 2.64. The Morgan fingerprint density at radius 1 is 1.19 bits per heavy atom. The van der Waals surface area contributed by atoms with Crippen LogP contribution in [-0.2, 0) is 0 Å². The second-order valence-electron chi connectivity index (χ2n) is 5.63. The zero-order chi connectivity index (χ0) is 18.4. The predicted molar refractivity (Wildman–Crippen MR) is 90.8 cm³/mol. The first kappa shape index (κ1) is 16.6. The van der Waals surface area contributed by atoms with Crippen molar-refractivity contribution >= 4 is 34.4 Å². The summed E-state index contributed by atoms with van der Waals surface area (Å²) >= 11 is 1.03. The molecule has 1 N–H and O–H groups in total. The second kappa shape index (κ2) is 6.17. The highest BCUT2D eigenvalue weighted by atomic mass is 32.2. The molecule has 0 radical (unpaired) electrons. The number of nitrogens with one attached hydrogen (secondary N) is 1. The van der Waals surface area contributed by atoms with Crippen LogP contribution in [0.4, 0.5) is 13.2 Å². The SMILES string of the molecule is CC(Sc1n[nH]c2nc3ccccc3n12)C(=O)c1c(F)cc(F)cc1F. The van der Waals surface area contributed by atoms with Crippen molar-refractivity contribution in [2.45, 2.75) is 17.3 Å². The summed E-state index contributed by atoms with van der Waals surface area (Å²) in [4.78, 5) is 16.8. The largest absolute Gasteiger partial charge is 0.293 e. The summed E-state index contributed by atoms with van der Waals surface area (Å²) in [7, 11) is 0. The minimum atomic E-state index is -1.22. The molecule has 0 aliphatic rings. The quantitative estimate of drug-likeness (QED) is 0.432. The molecule has 4 aromatic rings. The van der Waals surface area contributed by atoms with Crippen molar-refractivity contribution in [1.29, 1.82) is 0 Å². The summed E-state index contributed by atoms with van der Waals surface area (Å²) in [5.41, 5.74) is 0.781. The first-order valence-corrected chi connectivity index (χ1v) is 8.50. The number of hydrogen-bond acceptors (Lipinski definition) is 4. The standard InChI is InChI=1S/C17H11F3N4OS/c1-8(15(25)14-10(19)6-9(18)7-11(14)20)26-17-23-22-16-21-12-4-2-3-5-13(12)24(16)17/h2-8H,1H3,(H,21,22). The molecule has 0 spiro atoms. The van der Waals surface area contributed by atoms with E-state index in [1.54, 1.807) is 4.40 Å². The molecule has 5 nitrogen and oxygen atoms in total. The van der Waals surface area contributed by atoms with Crippen molar-refractivity contribution in [2.24, 2.45) is 0 Å². The highest BCUT2D eigenvalue weighted by Gasteiger charge is 2.26. The Labute approximate surface area is 149 Å². The van der Waals surface area contributed by atoms with Crippen molar-refractivity contribution in [3.05, 3.63) is 59.4 Å². The van der Waals surface area contributed by atoms with Gasteiger partial charge in [-0.05, 0) is 19.1 Å². The average molecular weight is 376 g/mol. The second-order valence-corrected chi connectivity index (χ2v) is 6.94. The van der Waals surface area contributed by atoms with E-state index in [-0.39, 0.29) is 0 Å². The molecule has 2 aromatic carbocycles. The van der Waals surface area contributed by atoms with Gasteiger partial charge in [0.05, 0.1) is 21.8 Å². The van der Waals surface area contributed by atoms with E-state index in [1.165, 1.54) is 6.92 Å². The zero-order valence-corrected chi connectivity index (χ0v) is 14.1. The molecule has 1 unspecified atom stereocenters. The molecule has 2 heterocycles. The number of nitrogens with zero attached hydrogens (tertiary/aromatic N) is 3. The number of ketones is 1. The van der Waals surface area contributed by atoms with Crippen molar-refractivity contribution in [1.82, 2.24) is 19.6 Å². The van der Waals surface area contributed by atoms with Gasteiger partial charge in [-0.1, -0.05) is 23.9 Å². The van der Waals surface area contributed by atoms with E-state index in [2.05, 4.69) is 15.2 Å². The Hall–Kier alpha value is -2.81. The normalized spacial score (nSPS) is 12.8. The first-order chi connectivity index (χ1) is 12.5. The van der Waals surface area contributed by atoms with Crippen LogP contribution in [0, 0.1) is 17.5 Å². The minimum Gasteiger partial charge on any atom is -0.293 e. The molecule has 0 aliphatic carbocycles. The van der Waals surface area contributed by atoms with Crippen LogP contribution in [-0.4, -0.2) is 30.6 Å². The Bertz CT molecular complexity index is 1130. The topological polar surface area (TPSA) is 63.1 Å². The van der Waals surface area contributed by atoms with E-state index in [4.69, 9.17) is 0 Å². The van der Waals surface area contributed by atoms with E-state index < -0.39 is 34.0 Å². The molecule has 9 heteroatoms. The Balaban J connectivity index is 1.69. The highest BCUT2D eigenvalue weighted by Crippen LogP contribution is 2.29. The number of Topliss-reactive ketones (excluding diaryl/α,β-unsaturated/α-hetero) is 1. The average Bonchev–Trinajstić information content (AvgIpc) is 3.13. The molecule has 2 aromatic heterocycles. The van der Waals surface area contributed by atoms with Gasteiger partial charge in [-0.15, -0.1) is 5.10 Å². The monoisotopic (exact) mass is 376 g/mol. The van der Waals surface area contributed by atoms with E-state index in [1.807, 2.05) is 24.3 Å². The van der Waals surface area contributed by atoms with E-state index in [0.717, 1.165) is 22.8 Å². The summed E-state index contributed by atoms with van der Waals surface area (Å²) in [6, 6.07) is 8.35. The number of aromatic nitrogens is 4. The van der Waals surface area contributed by atoms with E-state index in [0.29, 0.717) is 23.1 Å². The lowest BCUT2D eigenvalue weighted by molar-refractivity contribution is 0.0985. The maximum absolute atomic E-state index is 13.9. The molecule has 1 atom stereocenters. The van der Waals surface area contributed by atoms with Crippen LogP contribution in [0.1, 0.15) is 17.3 Å². The summed E-state index contributed by atoms with van der Waals surface area (Å²) in [5, 5.41) is 6.46. The summed E-state index contributed by atoms with van der Waals surface area (Å²) in [5.74, 6) is -3.81. The van der Waals surface area contributed by atoms with Gasteiger partial charge in [-0.2, -0.15) is 0 Å². The van der Waals surface area contributed by atoms with Crippen molar-refractivity contribution in [2.75, 3.05) is 0 Å². The van der Waals surface area contributed by atoms with Gasteiger partial charge in [0.1, 0.15) is 17.5 Å². The number of thioether (sulfide) groups is 1. The molecule has 0 saturated carbocycles. The zero-order valence-electron chi connectivity index (χ0n) is 13.3. The van der Waals surface area contributed by atoms with Crippen LogP contribution in [0.5, 0.6) is 0 Å². The molecule has 0 fully saturated rings. The fourth-order valence-corrected chi connectivity index (χ4v) is 3.64. The van der Waals surface area contributed by atoms with Crippen LogP contribution in [0.3, 0.4) is 0 Å². The summed E-state index contributed by atoms with van der Waals surface area (Å²) in [6.45, 7) is 1.51. The maximum atomic E-state index is 13.9. The Kier molecular flexibility index (Phi) is 3.95. The minimum absolute atomic E-state index is 0.428. The van der Waals surface area contributed by atoms with Gasteiger partial charge in [0.15, 0.2) is 10.9 Å². The van der Waals surface area contributed by atoms with Crippen molar-refractivity contribution in [3.8, 4) is 0 Å². The van der Waals surface area contributed by atoms with Crippen LogP contribution >= 0.6 is 11.8 Å². The number of fused-ring (bicyclic) bond motifs is 3. The molecule has 0 amide bonds. The summed E-state index contributed by atoms with van der Waals surface area (Å²) in [6.07, 6.45) is 0. The van der Waals surface area contributed by atoms with E-state index >= 15 is 0 Å². The van der Waals surface area contributed by atoms with Gasteiger partial charge in [0.25, 0.3) is 0 Å². The van der Waals surface area contributed by atoms with Gasteiger partial charge < -0.3 is 0 Å². The lowest BCUT2D eigenvalue weighted by Gasteiger charge is -2.10. The fraction of sp³-hybridized carbons (Fsp3) is 0.118. The molecule has 0 saturated heterocycles. The number of H-pyrrole nitrogens is 1. The van der Waals surface area contributed by atoms with Crippen molar-refractivity contribution < 1.29 is 18.0 Å². The Morgan fingerprint density at radius 2 is 1.88 bits per heavy atom. The third-order valence-corrected chi connectivity index (χ3v) is 4.96. The van der Waals surface area contributed by atoms with Crippen LogP contribution in [0.15, 0.2) is 41.6 Å². The Morgan fingerprint density at radius 3 is 2.62 bits per heavy atom. The van der Waals surface area contributed by atoms with Gasteiger partial charge in [0, 0.05) is 12.1 Å². The molecule has 0 aliphatic heterocycles. The number of rotatable bonds is 4. The highest BCUT2D eigenvalue weighted by molar-refractivity contribution is 8.00. The number of benzene rings is 2. The number of aromatic amines is 1. The molecular weight excluding hydrogens is 365 g/mol. The van der Waals surface area contributed by atoms with E-state index in [9.17, 15) is 18.0 Å².